The molecule has 0 aliphatic carbocycles. The Morgan fingerprint density at radius 2 is 1.83 bits per heavy atom. The average Bonchev–Trinajstić information content (AvgIpc) is 2.58. The molecule has 0 radical (unpaired) electrons. The van der Waals surface area contributed by atoms with Gasteiger partial charge >= 0.3 is 0 Å². The zero-order valence-electron chi connectivity index (χ0n) is 15.9. The van der Waals surface area contributed by atoms with Crippen molar-refractivity contribution in [3.63, 3.8) is 0 Å². The van der Waals surface area contributed by atoms with E-state index >= 15 is 0 Å². The third-order valence-corrected chi connectivity index (χ3v) is 4.01. The van der Waals surface area contributed by atoms with Crippen molar-refractivity contribution in [1.29, 1.82) is 0 Å². The Morgan fingerprint density at radius 3 is 2.33 bits per heavy atom. The number of hydrogen-bond acceptors (Lipinski definition) is 6. The predicted molar refractivity (Wildman–Crippen MR) is 102 cm³/mol. The van der Waals surface area contributed by atoms with Crippen LogP contribution in [0.15, 0.2) is 11.2 Å². The molecule has 0 spiro atoms. The smallest absolute Gasteiger partial charge is 0.227 e. The molecule has 0 amide bonds. The van der Waals surface area contributed by atoms with Crippen molar-refractivity contribution in [3.8, 4) is 0 Å². The lowest BCUT2D eigenvalue weighted by Crippen LogP contribution is -2.45. The van der Waals surface area contributed by atoms with E-state index in [0.29, 0.717) is 18.3 Å². The Morgan fingerprint density at radius 1 is 1.17 bits per heavy atom. The summed E-state index contributed by atoms with van der Waals surface area (Å²) in [6.07, 6.45) is 6.55. The molecular formula is C18H31N5O. The summed E-state index contributed by atoms with van der Waals surface area (Å²) in [7, 11) is 0. The topological polar surface area (TPSA) is 61.7 Å². The van der Waals surface area contributed by atoms with Gasteiger partial charge in [0.1, 0.15) is 12.0 Å². The normalized spacial score (nSPS) is 11.8. The number of anilines is 2. The fourth-order valence-electron chi connectivity index (χ4n) is 2.53. The van der Waals surface area contributed by atoms with E-state index in [1.54, 1.807) is 6.20 Å². The minimum absolute atomic E-state index is 0.622. The van der Waals surface area contributed by atoms with Gasteiger partial charge in [0.2, 0.25) is 5.95 Å². The Hall–Kier alpha value is -1.98. The van der Waals surface area contributed by atoms with Crippen molar-refractivity contribution in [2.75, 3.05) is 29.4 Å². The van der Waals surface area contributed by atoms with Crippen LogP contribution in [0.2, 0.25) is 0 Å². The van der Waals surface area contributed by atoms with E-state index in [4.69, 9.17) is 0 Å². The highest BCUT2D eigenvalue weighted by atomic mass is 16.1. The Balaban J connectivity index is 3.38. The van der Waals surface area contributed by atoms with E-state index in [1.165, 1.54) is 0 Å². The Bertz CT molecular complexity index is 552. The van der Waals surface area contributed by atoms with Crippen LogP contribution in [0.25, 0.3) is 0 Å². The molecule has 1 rings (SSSR count). The lowest BCUT2D eigenvalue weighted by atomic mass is 10.0. The standard InChI is InChI=1S/C18H31N5O/c1-7-11-12-19-16-15(23(10-4)18(5,6)14-24)13-20-17(21-16)22(8-2)9-3/h12-14H,7-11H2,1-6H3. The van der Waals surface area contributed by atoms with E-state index in [1.807, 2.05) is 31.9 Å². The third-order valence-electron chi connectivity index (χ3n) is 4.01. The summed E-state index contributed by atoms with van der Waals surface area (Å²) in [5.41, 5.74) is 0.155. The number of carbonyl (C=O) groups excluding carboxylic acids is 1. The first-order chi connectivity index (χ1) is 11.4. The van der Waals surface area contributed by atoms with Gasteiger partial charge in [-0.3, -0.25) is 0 Å². The number of carbonyl (C=O) groups is 1. The molecule has 1 aromatic heterocycles. The van der Waals surface area contributed by atoms with Crippen molar-refractivity contribution in [3.05, 3.63) is 6.20 Å². The van der Waals surface area contributed by atoms with Gasteiger partial charge in [-0.15, -0.1) is 0 Å². The second kappa shape index (κ2) is 9.35. The molecule has 0 aliphatic rings. The first-order valence-corrected chi connectivity index (χ1v) is 8.83. The first kappa shape index (κ1) is 20.1. The van der Waals surface area contributed by atoms with Crippen LogP contribution in [0.3, 0.4) is 0 Å². The van der Waals surface area contributed by atoms with Crippen LogP contribution in [0.1, 0.15) is 54.4 Å². The van der Waals surface area contributed by atoms with Gasteiger partial charge in [0, 0.05) is 25.8 Å². The molecule has 1 heterocycles. The van der Waals surface area contributed by atoms with Gasteiger partial charge in [0.15, 0.2) is 5.82 Å². The van der Waals surface area contributed by atoms with Crippen LogP contribution in [-0.2, 0) is 4.79 Å². The van der Waals surface area contributed by atoms with Crippen LogP contribution < -0.4 is 9.80 Å². The third kappa shape index (κ3) is 4.76. The summed E-state index contributed by atoms with van der Waals surface area (Å²) >= 11 is 0. The SMILES string of the molecule is CCCC=Nc1nc(N(CC)CC)ncc1N(CC)C(C)(C)C=O. The Labute approximate surface area is 146 Å². The lowest BCUT2D eigenvalue weighted by molar-refractivity contribution is -0.111. The van der Waals surface area contributed by atoms with Gasteiger partial charge in [-0.2, -0.15) is 4.98 Å². The lowest BCUT2D eigenvalue weighted by Gasteiger charge is -2.35. The number of unbranched alkanes of at least 4 members (excludes halogenated alkanes) is 1. The Kier molecular flexibility index (Phi) is 7.82. The van der Waals surface area contributed by atoms with Crippen molar-refractivity contribution >= 4 is 30.0 Å². The fraction of sp³-hybridized carbons (Fsp3) is 0.667. The van der Waals surface area contributed by atoms with Crippen molar-refractivity contribution in [2.45, 2.75) is 59.9 Å². The zero-order chi connectivity index (χ0) is 18.2. The van der Waals surface area contributed by atoms with Crippen LogP contribution in [0.4, 0.5) is 17.5 Å². The molecule has 0 saturated heterocycles. The largest absolute Gasteiger partial charge is 0.356 e. The van der Waals surface area contributed by atoms with E-state index < -0.39 is 5.54 Å². The van der Waals surface area contributed by atoms with E-state index in [-0.39, 0.29) is 0 Å². The van der Waals surface area contributed by atoms with Gasteiger partial charge in [-0.25, -0.2) is 9.98 Å². The molecule has 1 aromatic rings. The minimum Gasteiger partial charge on any atom is -0.356 e. The molecule has 0 N–H and O–H groups in total. The molecule has 0 fully saturated rings. The predicted octanol–water partition coefficient (Wildman–Crippen LogP) is 3.63. The molecule has 0 bridgehead atoms. The quantitative estimate of drug-likeness (QED) is 0.483. The molecular weight excluding hydrogens is 302 g/mol. The molecule has 24 heavy (non-hydrogen) atoms. The molecule has 134 valence electrons. The maximum atomic E-state index is 11.5. The zero-order valence-corrected chi connectivity index (χ0v) is 15.9. The number of rotatable bonds is 10. The molecule has 0 unspecified atom stereocenters. The number of aromatic nitrogens is 2. The minimum atomic E-state index is -0.635. The maximum absolute atomic E-state index is 11.5. The fourth-order valence-corrected chi connectivity index (χ4v) is 2.53. The molecule has 0 saturated carbocycles. The van der Waals surface area contributed by atoms with Crippen LogP contribution in [0.5, 0.6) is 0 Å². The number of aliphatic imine (C=N–C) groups is 1. The van der Waals surface area contributed by atoms with E-state index in [2.05, 4.69) is 40.6 Å². The summed E-state index contributed by atoms with van der Waals surface area (Å²) in [5, 5.41) is 0. The summed E-state index contributed by atoms with van der Waals surface area (Å²) in [5.74, 6) is 1.30. The van der Waals surface area contributed by atoms with E-state index in [0.717, 1.165) is 37.9 Å². The number of nitrogens with zero attached hydrogens (tertiary/aromatic N) is 5. The van der Waals surface area contributed by atoms with Gasteiger partial charge in [-0.05, 0) is 41.0 Å². The van der Waals surface area contributed by atoms with E-state index in [9.17, 15) is 4.79 Å². The second-order valence-electron chi connectivity index (χ2n) is 6.17. The monoisotopic (exact) mass is 333 g/mol. The highest BCUT2D eigenvalue weighted by molar-refractivity contribution is 5.77. The van der Waals surface area contributed by atoms with Gasteiger partial charge < -0.3 is 14.6 Å². The van der Waals surface area contributed by atoms with Gasteiger partial charge in [0.25, 0.3) is 0 Å². The molecule has 0 aliphatic heterocycles. The van der Waals surface area contributed by atoms with Gasteiger partial charge in [-0.1, -0.05) is 13.3 Å². The summed E-state index contributed by atoms with van der Waals surface area (Å²) in [4.78, 5) is 29.3. The summed E-state index contributed by atoms with van der Waals surface area (Å²) < 4.78 is 0. The first-order valence-electron chi connectivity index (χ1n) is 8.83. The van der Waals surface area contributed by atoms with Gasteiger partial charge in [0.05, 0.1) is 11.7 Å². The highest BCUT2D eigenvalue weighted by Crippen LogP contribution is 2.31. The van der Waals surface area contributed by atoms with Crippen LogP contribution in [-0.4, -0.2) is 47.6 Å². The second-order valence-corrected chi connectivity index (χ2v) is 6.17. The molecule has 0 aromatic carbocycles. The number of hydrogen-bond donors (Lipinski definition) is 0. The van der Waals surface area contributed by atoms with Crippen molar-refractivity contribution < 1.29 is 4.79 Å². The van der Waals surface area contributed by atoms with Crippen LogP contribution in [0, 0.1) is 0 Å². The van der Waals surface area contributed by atoms with Crippen LogP contribution >= 0.6 is 0 Å². The molecule has 0 atom stereocenters. The number of likely N-dealkylation sites (N-methyl/N-ethyl adjacent to an activating group) is 1. The molecule has 6 nitrogen and oxygen atoms in total. The van der Waals surface area contributed by atoms with Crippen molar-refractivity contribution in [2.24, 2.45) is 4.99 Å². The summed E-state index contributed by atoms with van der Waals surface area (Å²) in [6.45, 7) is 14.4. The highest BCUT2D eigenvalue weighted by Gasteiger charge is 2.28. The number of aldehydes is 1. The molecule has 6 heteroatoms. The van der Waals surface area contributed by atoms with Crippen molar-refractivity contribution in [1.82, 2.24) is 9.97 Å². The summed E-state index contributed by atoms with van der Waals surface area (Å²) in [6, 6.07) is 0. The maximum Gasteiger partial charge on any atom is 0.227 e. The average molecular weight is 333 g/mol.